The van der Waals surface area contributed by atoms with Crippen molar-refractivity contribution >= 4 is 5.97 Å². The van der Waals surface area contributed by atoms with E-state index in [9.17, 15) is 31.1 Å². The predicted octanol–water partition coefficient (Wildman–Crippen LogP) is 3.59. The third kappa shape index (κ3) is 3.14. The first-order valence-electron chi connectivity index (χ1n) is 4.50. The fourth-order valence-corrected chi connectivity index (χ4v) is 1.41. The summed E-state index contributed by atoms with van der Waals surface area (Å²) in [6.45, 7) is 0. The van der Waals surface area contributed by atoms with Gasteiger partial charge in [-0.3, -0.25) is 0 Å². The second-order valence-electron chi connectivity index (χ2n) is 3.45. The molecule has 2 nitrogen and oxygen atoms in total. The monoisotopic (exact) mass is 272 g/mol. The third-order valence-electron chi connectivity index (χ3n) is 2.12. The second kappa shape index (κ2) is 4.51. The summed E-state index contributed by atoms with van der Waals surface area (Å²) >= 11 is 0. The molecule has 0 aliphatic heterocycles. The zero-order valence-corrected chi connectivity index (χ0v) is 8.51. The molecule has 0 bridgehead atoms. The number of benzene rings is 1. The Labute approximate surface area is 96.8 Å². The van der Waals surface area contributed by atoms with Gasteiger partial charge in [-0.1, -0.05) is 12.1 Å². The molecule has 0 aliphatic rings. The van der Waals surface area contributed by atoms with Crippen molar-refractivity contribution in [1.82, 2.24) is 0 Å². The quantitative estimate of drug-likeness (QED) is 0.835. The summed E-state index contributed by atoms with van der Waals surface area (Å²) in [4.78, 5) is 10.5. The van der Waals surface area contributed by atoms with Crippen LogP contribution in [0, 0.1) is 0 Å². The number of hydrogen-bond acceptors (Lipinski definition) is 1. The molecule has 0 amide bonds. The van der Waals surface area contributed by atoms with Gasteiger partial charge in [-0.2, -0.15) is 26.3 Å². The molecule has 0 radical (unpaired) electrons. The molecule has 1 rings (SSSR count). The van der Waals surface area contributed by atoms with Crippen molar-refractivity contribution in [3.05, 3.63) is 35.4 Å². The van der Waals surface area contributed by atoms with E-state index in [0.29, 0.717) is 12.1 Å². The van der Waals surface area contributed by atoms with Gasteiger partial charge in [-0.05, 0) is 17.7 Å². The molecule has 0 spiro atoms. The minimum atomic E-state index is -5.53. The smallest absolute Gasteiger partial charge is 0.404 e. The van der Waals surface area contributed by atoms with E-state index in [-0.39, 0.29) is 0 Å². The summed E-state index contributed by atoms with van der Waals surface area (Å²) in [6.07, 6.45) is -11.1. The first kappa shape index (κ1) is 14.3. The Morgan fingerprint density at radius 2 is 1.56 bits per heavy atom. The fraction of sp³-hybridized carbons (Fsp3) is 0.300. The molecule has 0 fully saturated rings. The van der Waals surface area contributed by atoms with Crippen LogP contribution in [-0.4, -0.2) is 23.4 Å². The van der Waals surface area contributed by atoms with E-state index in [1.165, 1.54) is 0 Å². The maximum Gasteiger partial charge on any atom is 0.404 e. The molecule has 0 saturated heterocycles. The van der Waals surface area contributed by atoms with Gasteiger partial charge in [-0.25, -0.2) is 4.79 Å². The van der Waals surface area contributed by atoms with Gasteiger partial charge in [0, 0.05) is 0 Å². The Bertz CT molecular complexity index is 434. The van der Waals surface area contributed by atoms with Crippen LogP contribution in [0.4, 0.5) is 26.3 Å². The number of halogens is 6. The van der Waals surface area contributed by atoms with Gasteiger partial charge in [0.05, 0.1) is 5.56 Å². The molecule has 1 N–H and O–H groups in total. The highest BCUT2D eigenvalue weighted by molar-refractivity contribution is 5.87. The Morgan fingerprint density at radius 1 is 1.06 bits per heavy atom. The number of carboxylic acids is 1. The molecule has 0 heterocycles. The van der Waals surface area contributed by atoms with Crippen LogP contribution in [0.15, 0.2) is 24.3 Å². The summed E-state index contributed by atoms with van der Waals surface area (Å²) in [6, 6.07) is 2.71. The van der Waals surface area contributed by atoms with Crippen LogP contribution in [0.25, 0.3) is 0 Å². The van der Waals surface area contributed by atoms with Gasteiger partial charge in [0.2, 0.25) is 0 Å². The second-order valence-corrected chi connectivity index (χ2v) is 3.45. The first-order valence-corrected chi connectivity index (χ1v) is 4.50. The third-order valence-corrected chi connectivity index (χ3v) is 2.12. The maximum absolute atomic E-state index is 12.4. The predicted molar refractivity (Wildman–Crippen MR) is 48.3 cm³/mol. The van der Waals surface area contributed by atoms with Crippen LogP contribution in [0.5, 0.6) is 0 Å². The highest BCUT2D eigenvalue weighted by atomic mass is 19.4. The van der Waals surface area contributed by atoms with Crippen molar-refractivity contribution in [1.29, 1.82) is 0 Å². The number of hydrogen-bond donors (Lipinski definition) is 1. The minimum Gasteiger partial charge on any atom is -0.478 e. The Kier molecular flexibility index (Phi) is 3.59. The van der Waals surface area contributed by atoms with Crippen LogP contribution in [0.2, 0.25) is 0 Å². The van der Waals surface area contributed by atoms with Crippen LogP contribution in [0.3, 0.4) is 0 Å². The molecule has 8 heteroatoms. The summed E-state index contributed by atoms with van der Waals surface area (Å²) in [7, 11) is 0. The van der Waals surface area contributed by atoms with E-state index >= 15 is 0 Å². The average Bonchev–Trinajstić information content (AvgIpc) is 2.13. The lowest BCUT2D eigenvalue weighted by Gasteiger charge is -2.23. The van der Waals surface area contributed by atoms with Crippen LogP contribution < -0.4 is 0 Å². The van der Waals surface area contributed by atoms with Crippen LogP contribution in [0.1, 0.15) is 21.8 Å². The fourth-order valence-electron chi connectivity index (χ4n) is 1.41. The van der Waals surface area contributed by atoms with Gasteiger partial charge in [0.25, 0.3) is 0 Å². The molecule has 100 valence electrons. The first-order chi connectivity index (χ1) is 8.03. The lowest BCUT2D eigenvalue weighted by atomic mass is 9.96. The standard InChI is InChI=1S/C10H6F6O2/c11-9(12,13)7(10(14,15)16)5-2-1-3-6(4-5)8(17)18/h1-4,7H,(H,17,18). The lowest BCUT2D eigenvalue weighted by molar-refractivity contribution is -0.253. The number of carbonyl (C=O) groups is 1. The minimum absolute atomic E-state index is 0.369. The molecule has 0 unspecified atom stereocenters. The average molecular weight is 272 g/mol. The van der Waals surface area contributed by atoms with Crippen LogP contribution in [-0.2, 0) is 0 Å². The summed E-state index contributed by atoms with van der Waals surface area (Å²) in [5, 5.41) is 8.53. The van der Waals surface area contributed by atoms with Crippen molar-refractivity contribution in [3.63, 3.8) is 0 Å². The topological polar surface area (TPSA) is 37.3 Å². The van der Waals surface area contributed by atoms with Crippen molar-refractivity contribution in [2.75, 3.05) is 0 Å². The summed E-state index contributed by atoms with van der Waals surface area (Å²) in [5.74, 6) is -5.29. The van der Waals surface area contributed by atoms with Crippen molar-refractivity contribution < 1.29 is 36.2 Å². The Balaban J connectivity index is 3.31. The van der Waals surface area contributed by atoms with Crippen molar-refractivity contribution in [2.24, 2.45) is 0 Å². The molecular weight excluding hydrogens is 266 g/mol. The number of aromatic carboxylic acids is 1. The molecule has 0 aromatic heterocycles. The molecule has 0 aliphatic carbocycles. The van der Waals surface area contributed by atoms with Gasteiger partial charge < -0.3 is 5.11 Å². The largest absolute Gasteiger partial charge is 0.478 e. The highest BCUT2D eigenvalue weighted by Crippen LogP contribution is 2.46. The van der Waals surface area contributed by atoms with Crippen molar-refractivity contribution in [2.45, 2.75) is 18.3 Å². The number of carboxylic acid groups (broad SMARTS) is 1. The van der Waals surface area contributed by atoms with E-state index in [4.69, 9.17) is 5.11 Å². The van der Waals surface area contributed by atoms with E-state index in [0.717, 1.165) is 12.1 Å². The van der Waals surface area contributed by atoms with E-state index in [1.807, 2.05) is 0 Å². The summed E-state index contributed by atoms with van der Waals surface area (Å²) in [5.41, 5.74) is -1.78. The Morgan fingerprint density at radius 3 is 1.94 bits per heavy atom. The lowest BCUT2D eigenvalue weighted by Crippen LogP contribution is -2.34. The maximum atomic E-state index is 12.4. The summed E-state index contributed by atoms with van der Waals surface area (Å²) < 4.78 is 74.2. The SMILES string of the molecule is O=C(O)c1cccc(C(C(F)(F)F)C(F)(F)F)c1. The molecule has 0 atom stereocenters. The molecule has 1 aromatic carbocycles. The van der Waals surface area contributed by atoms with Gasteiger partial charge in [0.1, 0.15) is 0 Å². The normalized spacial score (nSPS) is 12.8. The molecule has 0 saturated carbocycles. The molecule has 18 heavy (non-hydrogen) atoms. The highest BCUT2D eigenvalue weighted by Gasteiger charge is 2.57. The molecule has 1 aromatic rings. The number of alkyl halides is 6. The zero-order valence-electron chi connectivity index (χ0n) is 8.51. The number of rotatable bonds is 2. The van der Waals surface area contributed by atoms with Crippen molar-refractivity contribution in [3.8, 4) is 0 Å². The van der Waals surface area contributed by atoms with Gasteiger partial charge in [0.15, 0.2) is 5.92 Å². The van der Waals surface area contributed by atoms with Crippen LogP contribution >= 0.6 is 0 Å². The zero-order chi connectivity index (χ0) is 14.1. The van der Waals surface area contributed by atoms with E-state index in [1.54, 1.807) is 0 Å². The van der Waals surface area contributed by atoms with Gasteiger partial charge >= 0.3 is 18.3 Å². The molecular formula is C10H6F6O2. The van der Waals surface area contributed by atoms with E-state index < -0.39 is 35.4 Å². The van der Waals surface area contributed by atoms with Gasteiger partial charge in [-0.15, -0.1) is 0 Å². The van der Waals surface area contributed by atoms with E-state index in [2.05, 4.69) is 0 Å². The Hall–Kier alpha value is -1.73.